The van der Waals surface area contributed by atoms with E-state index in [-0.39, 0.29) is 12.6 Å². The molecule has 0 aliphatic heterocycles. The van der Waals surface area contributed by atoms with Crippen molar-refractivity contribution in [1.82, 2.24) is 10.2 Å². The van der Waals surface area contributed by atoms with Gasteiger partial charge in [-0.2, -0.15) is 0 Å². The summed E-state index contributed by atoms with van der Waals surface area (Å²) in [5.41, 5.74) is 1.02. The number of rotatable bonds is 4. The maximum Gasteiger partial charge on any atom is 0.207 e. The van der Waals surface area contributed by atoms with Gasteiger partial charge < -0.3 is 10.4 Å². The monoisotopic (exact) mass is 299 g/mol. The molecule has 4 nitrogen and oxygen atoms in total. The van der Waals surface area contributed by atoms with Gasteiger partial charge in [0.1, 0.15) is 0 Å². The molecule has 1 aromatic heterocycles. The van der Waals surface area contributed by atoms with Crippen LogP contribution in [0, 0.1) is 0 Å². The molecule has 2 aromatic rings. The van der Waals surface area contributed by atoms with E-state index in [4.69, 9.17) is 0 Å². The van der Waals surface area contributed by atoms with Crippen molar-refractivity contribution in [2.45, 2.75) is 6.04 Å². The van der Waals surface area contributed by atoms with Crippen LogP contribution in [0.5, 0.6) is 0 Å². The highest BCUT2D eigenvalue weighted by Crippen LogP contribution is 2.24. The summed E-state index contributed by atoms with van der Waals surface area (Å²) in [6.45, 7) is 0.0151. The zero-order valence-corrected chi connectivity index (χ0v) is 10.7. The molecular formula is C10H10BrN3OS. The average molecular weight is 300 g/mol. The van der Waals surface area contributed by atoms with Gasteiger partial charge in [0.25, 0.3) is 0 Å². The predicted octanol–water partition coefficient (Wildman–Crippen LogP) is 2.45. The highest BCUT2D eigenvalue weighted by molar-refractivity contribution is 9.11. The Balaban J connectivity index is 2.12. The minimum Gasteiger partial charge on any atom is -0.394 e. The van der Waals surface area contributed by atoms with Gasteiger partial charge >= 0.3 is 0 Å². The number of anilines is 1. The number of hydrogen-bond donors (Lipinski definition) is 2. The van der Waals surface area contributed by atoms with E-state index >= 15 is 0 Å². The van der Waals surface area contributed by atoms with Crippen LogP contribution in [0.15, 0.2) is 34.2 Å². The minimum atomic E-state index is -0.152. The van der Waals surface area contributed by atoms with Gasteiger partial charge in [-0.1, -0.05) is 41.7 Å². The summed E-state index contributed by atoms with van der Waals surface area (Å²) < 4.78 is 0.722. The fourth-order valence-corrected chi connectivity index (χ4v) is 2.40. The summed E-state index contributed by atoms with van der Waals surface area (Å²) in [5.74, 6) is 0. The van der Waals surface area contributed by atoms with Crippen molar-refractivity contribution in [3.63, 3.8) is 0 Å². The van der Waals surface area contributed by atoms with Crippen molar-refractivity contribution in [2.24, 2.45) is 0 Å². The molecule has 0 aliphatic rings. The molecule has 84 valence electrons. The fraction of sp³-hybridized carbons (Fsp3) is 0.200. The predicted molar refractivity (Wildman–Crippen MR) is 67.5 cm³/mol. The first-order valence-electron chi connectivity index (χ1n) is 4.71. The van der Waals surface area contributed by atoms with Crippen LogP contribution in [0.3, 0.4) is 0 Å². The van der Waals surface area contributed by atoms with Gasteiger partial charge in [0.15, 0.2) is 3.92 Å². The number of aliphatic hydroxyl groups excluding tert-OH is 1. The van der Waals surface area contributed by atoms with E-state index in [0.717, 1.165) is 9.48 Å². The number of aliphatic hydroxyl groups is 1. The number of nitrogens with one attached hydrogen (secondary N) is 1. The van der Waals surface area contributed by atoms with Gasteiger partial charge in [0.05, 0.1) is 12.6 Å². The molecule has 0 aliphatic carbocycles. The molecule has 16 heavy (non-hydrogen) atoms. The first-order chi connectivity index (χ1) is 7.79. The summed E-state index contributed by atoms with van der Waals surface area (Å²) in [4.78, 5) is 0. The molecule has 6 heteroatoms. The molecule has 0 spiro atoms. The van der Waals surface area contributed by atoms with Crippen LogP contribution in [0.2, 0.25) is 0 Å². The SMILES string of the molecule is OCC(Nc1nnc(Br)s1)c1ccccc1. The summed E-state index contributed by atoms with van der Waals surface area (Å²) in [6, 6.07) is 9.60. The lowest BCUT2D eigenvalue weighted by atomic mass is 10.1. The first kappa shape index (κ1) is 11.5. The molecule has 0 saturated heterocycles. The Labute approximate surface area is 105 Å². The van der Waals surface area contributed by atoms with Gasteiger partial charge in [-0.25, -0.2) is 0 Å². The second-order valence-electron chi connectivity index (χ2n) is 3.15. The van der Waals surface area contributed by atoms with E-state index in [9.17, 15) is 5.11 Å². The zero-order chi connectivity index (χ0) is 11.4. The van der Waals surface area contributed by atoms with E-state index in [1.165, 1.54) is 11.3 Å². The fourth-order valence-electron chi connectivity index (χ4n) is 1.33. The summed E-state index contributed by atoms with van der Waals surface area (Å²) in [5, 5.41) is 20.9. The molecular weight excluding hydrogens is 290 g/mol. The third kappa shape index (κ3) is 2.78. The van der Waals surface area contributed by atoms with E-state index in [1.54, 1.807) is 0 Å². The maximum atomic E-state index is 9.33. The molecule has 0 radical (unpaired) electrons. The average Bonchev–Trinajstić information content (AvgIpc) is 2.73. The second kappa shape index (κ2) is 5.38. The number of benzene rings is 1. The van der Waals surface area contributed by atoms with Crippen molar-refractivity contribution in [3.8, 4) is 0 Å². The van der Waals surface area contributed by atoms with Gasteiger partial charge in [-0.05, 0) is 21.5 Å². The van der Waals surface area contributed by atoms with Crippen LogP contribution in [0.4, 0.5) is 5.13 Å². The Morgan fingerprint density at radius 3 is 2.62 bits per heavy atom. The van der Waals surface area contributed by atoms with Gasteiger partial charge in [-0.3, -0.25) is 0 Å². The van der Waals surface area contributed by atoms with Crippen LogP contribution in [0.25, 0.3) is 0 Å². The first-order valence-corrected chi connectivity index (χ1v) is 6.32. The van der Waals surface area contributed by atoms with Crippen molar-refractivity contribution >= 4 is 32.4 Å². The minimum absolute atomic E-state index is 0.0151. The summed E-state index contributed by atoms with van der Waals surface area (Å²) >= 11 is 4.64. The Morgan fingerprint density at radius 2 is 2.06 bits per heavy atom. The number of aromatic nitrogens is 2. The quantitative estimate of drug-likeness (QED) is 0.910. The highest BCUT2D eigenvalue weighted by Gasteiger charge is 2.11. The third-order valence-corrected chi connectivity index (χ3v) is 3.37. The normalized spacial score (nSPS) is 12.4. The number of nitrogens with zero attached hydrogens (tertiary/aromatic N) is 2. The Morgan fingerprint density at radius 1 is 1.31 bits per heavy atom. The smallest absolute Gasteiger partial charge is 0.207 e. The lowest BCUT2D eigenvalue weighted by Crippen LogP contribution is -2.14. The molecule has 2 N–H and O–H groups in total. The van der Waals surface area contributed by atoms with E-state index in [0.29, 0.717) is 5.13 Å². The molecule has 2 rings (SSSR count). The zero-order valence-electron chi connectivity index (χ0n) is 8.30. The molecule has 1 aromatic carbocycles. The van der Waals surface area contributed by atoms with E-state index in [2.05, 4.69) is 31.4 Å². The van der Waals surface area contributed by atoms with Gasteiger partial charge in [-0.15, -0.1) is 10.2 Å². The van der Waals surface area contributed by atoms with Crippen LogP contribution >= 0.6 is 27.3 Å². The largest absolute Gasteiger partial charge is 0.394 e. The van der Waals surface area contributed by atoms with Crippen molar-refractivity contribution in [2.75, 3.05) is 11.9 Å². The van der Waals surface area contributed by atoms with Crippen LogP contribution in [0.1, 0.15) is 11.6 Å². The maximum absolute atomic E-state index is 9.33. The Bertz CT molecular complexity index is 448. The van der Waals surface area contributed by atoms with Crippen molar-refractivity contribution in [1.29, 1.82) is 0 Å². The Hall–Kier alpha value is -0.980. The molecule has 0 saturated carbocycles. The van der Waals surface area contributed by atoms with E-state index in [1.807, 2.05) is 30.3 Å². The highest BCUT2D eigenvalue weighted by atomic mass is 79.9. The van der Waals surface area contributed by atoms with Gasteiger partial charge in [0, 0.05) is 0 Å². The number of halogens is 1. The van der Waals surface area contributed by atoms with Crippen LogP contribution < -0.4 is 5.32 Å². The van der Waals surface area contributed by atoms with Crippen LogP contribution in [-0.2, 0) is 0 Å². The molecule has 0 fully saturated rings. The number of hydrogen-bond acceptors (Lipinski definition) is 5. The van der Waals surface area contributed by atoms with Crippen molar-refractivity contribution in [3.05, 3.63) is 39.8 Å². The molecule has 1 atom stereocenters. The van der Waals surface area contributed by atoms with Crippen molar-refractivity contribution < 1.29 is 5.11 Å². The lowest BCUT2D eigenvalue weighted by molar-refractivity contribution is 0.276. The lowest BCUT2D eigenvalue weighted by Gasteiger charge is -2.15. The summed E-state index contributed by atoms with van der Waals surface area (Å²) in [7, 11) is 0. The van der Waals surface area contributed by atoms with Gasteiger partial charge in [0.2, 0.25) is 5.13 Å². The molecule has 1 heterocycles. The third-order valence-electron chi connectivity index (χ3n) is 2.08. The summed E-state index contributed by atoms with van der Waals surface area (Å²) in [6.07, 6.45) is 0. The van der Waals surface area contributed by atoms with E-state index < -0.39 is 0 Å². The second-order valence-corrected chi connectivity index (χ2v) is 5.40. The molecule has 0 bridgehead atoms. The van der Waals surface area contributed by atoms with Crippen LogP contribution in [-0.4, -0.2) is 21.9 Å². The topological polar surface area (TPSA) is 58.0 Å². The molecule has 0 amide bonds. The molecule has 1 unspecified atom stereocenters. The standard InChI is InChI=1S/C10H10BrN3OS/c11-9-13-14-10(16-9)12-8(6-15)7-4-2-1-3-5-7/h1-5,8,15H,6H2,(H,12,14). The Kier molecular flexibility index (Phi) is 3.87.